The first-order valence-electron chi connectivity index (χ1n) is 7.03. The molecule has 0 aliphatic carbocycles. The molecule has 0 saturated heterocycles. The molecule has 0 amide bonds. The second-order valence-electron chi connectivity index (χ2n) is 5.96. The molecule has 0 spiro atoms. The Hall–Kier alpha value is -1.27. The van der Waals surface area contributed by atoms with Crippen molar-refractivity contribution in [2.24, 2.45) is 10.5 Å². The first kappa shape index (κ1) is 17.5. The van der Waals surface area contributed by atoms with Gasteiger partial charge in [0.05, 0.1) is 21.1 Å². The van der Waals surface area contributed by atoms with Gasteiger partial charge in [-0.3, -0.25) is 5.01 Å². The lowest BCUT2D eigenvalue weighted by Gasteiger charge is -2.32. The van der Waals surface area contributed by atoms with Crippen LogP contribution < -0.4 is 5.01 Å². The van der Waals surface area contributed by atoms with E-state index in [-0.39, 0.29) is 11.8 Å². The fraction of sp³-hybridized carbons (Fsp3) is 0.250. The molecule has 1 aromatic heterocycles. The summed E-state index contributed by atoms with van der Waals surface area (Å²) in [5.74, 6) is -1.06. The van der Waals surface area contributed by atoms with E-state index in [0.29, 0.717) is 20.1 Å². The van der Waals surface area contributed by atoms with E-state index in [1.54, 1.807) is 29.3 Å². The van der Waals surface area contributed by atoms with E-state index in [4.69, 9.17) is 34.8 Å². The van der Waals surface area contributed by atoms with E-state index >= 15 is 0 Å². The van der Waals surface area contributed by atoms with Gasteiger partial charge in [0.15, 0.2) is 5.71 Å². The maximum atomic E-state index is 11.7. The molecule has 1 N–H and O–H groups in total. The van der Waals surface area contributed by atoms with Crippen LogP contribution in [0.4, 0.5) is 5.69 Å². The number of nitrogens with zero attached hydrogens (tertiary/aromatic N) is 2. The molecule has 3 rings (SSSR count). The summed E-state index contributed by atoms with van der Waals surface area (Å²) < 4.78 is 0.631. The Balaban J connectivity index is 2.18. The van der Waals surface area contributed by atoms with E-state index < -0.39 is 11.4 Å². The summed E-state index contributed by atoms with van der Waals surface area (Å²) in [5.41, 5.74) is -0.0638. The van der Waals surface area contributed by atoms with Crippen LogP contribution in [0.5, 0.6) is 0 Å². The Labute approximate surface area is 158 Å². The minimum atomic E-state index is -1.06. The highest BCUT2D eigenvalue weighted by Gasteiger charge is 2.49. The number of halogens is 3. The molecule has 1 aromatic carbocycles. The Kier molecular flexibility index (Phi) is 4.55. The van der Waals surface area contributed by atoms with Crippen molar-refractivity contribution < 1.29 is 9.90 Å². The van der Waals surface area contributed by atoms with Crippen molar-refractivity contribution in [1.29, 1.82) is 0 Å². The molecule has 0 radical (unpaired) electrons. The van der Waals surface area contributed by atoms with Gasteiger partial charge in [-0.2, -0.15) is 5.10 Å². The van der Waals surface area contributed by atoms with Crippen LogP contribution in [0.25, 0.3) is 0 Å². The minimum Gasteiger partial charge on any atom is -0.477 e. The summed E-state index contributed by atoms with van der Waals surface area (Å²) in [6.07, 6.45) is 0. The lowest BCUT2D eigenvalue weighted by atomic mass is 9.79. The number of thiophene rings is 1. The van der Waals surface area contributed by atoms with Gasteiger partial charge in [0.2, 0.25) is 0 Å². The van der Waals surface area contributed by atoms with Gasteiger partial charge in [-0.25, -0.2) is 4.79 Å². The number of carboxylic acids is 1. The van der Waals surface area contributed by atoms with E-state index in [9.17, 15) is 9.90 Å². The van der Waals surface area contributed by atoms with Crippen molar-refractivity contribution in [3.8, 4) is 0 Å². The van der Waals surface area contributed by atoms with Crippen molar-refractivity contribution in [3.05, 3.63) is 49.6 Å². The molecule has 2 aromatic rings. The van der Waals surface area contributed by atoms with Crippen LogP contribution in [-0.2, 0) is 4.79 Å². The van der Waals surface area contributed by atoms with Crippen LogP contribution in [0.3, 0.4) is 0 Å². The second kappa shape index (κ2) is 6.23. The summed E-state index contributed by atoms with van der Waals surface area (Å²) >= 11 is 19.8. The molecule has 1 aliphatic heterocycles. The SMILES string of the molecule is CC1(C)C(C(=O)O)=NN(c2ccc(Cl)cc2Cl)C1c1ccc(Cl)s1. The molecule has 126 valence electrons. The van der Waals surface area contributed by atoms with Crippen molar-refractivity contribution in [1.82, 2.24) is 0 Å². The van der Waals surface area contributed by atoms with Gasteiger partial charge in [-0.15, -0.1) is 11.3 Å². The minimum absolute atomic E-state index is 0.0723. The molecular formula is C16H13Cl3N2O2S. The van der Waals surface area contributed by atoms with Crippen LogP contribution in [0.1, 0.15) is 24.8 Å². The van der Waals surface area contributed by atoms with Gasteiger partial charge in [-0.1, -0.05) is 48.7 Å². The van der Waals surface area contributed by atoms with Gasteiger partial charge >= 0.3 is 5.97 Å². The number of hydrogen-bond acceptors (Lipinski definition) is 4. The molecule has 24 heavy (non-hydrogen) atoms. The molecule has 1 aliphatic rings. The average molecular weight is 404 g/mol. The van der Waals surface area contributed by atoms with Gasteiger partial charge in [0.1, 0.15) is 0 Å². The number of aliphatic carboxylic acids is 1. The number of rotatable bonds is 3. The highest BCUT2D eigenvalue weighted by atomic mass is 35.5. The van der Waals surface area contributed by atoms with Crippen LogP contribution >= 0.6 is 46.1 Å². The lowest BCUT2D eigenvalue weighted by molar-refractivity contribution is -0.129. The predicted molar refractivity (Wildman–Crippen MR) is 99.9 cm³/mol. The highest BCUT2D eigenvalue weighted by molar-refractivity contribution is 7.16. The molecule has 0 fully saturated rings. The second-order valence-corrected chi connectivity index (χ2v) is 8.55. The number of carbonyl (C=O) groups is 1. The van der Waals surface area contributed by atoms with Crippen LogP contribution in [0.2, 0.25) is 14.4 Å². The normalized spacial score (nSPS) is 19.5. The van der Waals surface area contributed by atoms with E-state index in [1.807, 2.05) is 19.9 Å². The fourth-order valence-corrected chi connectivity index (χ4v) is 4.69. The van der Waals surface area contributed by atoms with Crippen molar-refractivity contribution in [2.45, 2.75) is 19.9 Å². The summed E-state index contributed by atoms with van der Waals surface area (Å²) in [6, 6.07) is 8.38. The smallest absolute Gasteiger partial charge is 0.352 e. The standard InChI is InChI=1S/C16H13Cl3N2O2S/c1-16(2)13(15(22)23)20-21(10-4-3-8(17)7-9(10)18)14(16)11-5-6-12(19)24-11/h3-7,14H,1-2H3,(H,22,23). The molecular weight excluding hydrogens is 391 g/mol. The monoisotopic (exact) mass is 402 g/mol. The zero-order chi connectivity index (χ0) is 17.6. The van der Waals surface area contributed by atoms with Crippen molar-refractivity contribution in [2.75, 3.05) is 5.01 Å². The van der Waals surface area contributed by atoms with Gasteiger partial charge in [-0.05, 0) is 30.3 Å². The number of hydrazone groups is 1. The maximum Gasteiger partial charge on any atom is 0.352 e. The zero-order valence-corrected chi connectivity index (χ0v) is 15.8. The van der Waals surface area contributed by atoms with E-state index in [0.717, 1.165) is 4.88 Å². The van der Waals surface area contributed by atoms with Gasteiger partial charge in [0, 0.05) is 15.3 Å². The number of hydrogen-bond donors (Lipinski definition) is 1. The predicted octanol–water partition coefficient (Wildman–Crippen LogP) is 5.74. The molecule has 1 unspecified atom stereocenters. The zero-order valence-electron chi connectivity index (χ0n) is 12.8. The summed E-state index contributed by atoms with van der Waals surface area (Å²) in [7, 11) is 0. The number of carboxylic acid groups (broad SMARTS) is 1. The third-order valence-corrected chi connectivity index (χ3v) is 5.79. The van der Waals surface area contributed by atoms with E-state index in [1.165, 1.54) is 11.3 Å². The Morgan fingerprint density at radius 1 is 1.25 bits per heavy atom. The largest absolute Gasteiger partial charge is 0.477 e. The third kappa shape index (κ3) is 2.90. The number of benzene rings is 1. The Morgan fingerprint density at radius 2 is 1.96 bits per heavy atom. The first-order chi connectivity index (χ1) is 11.2. The quantitative estimate of drug-likeness (QED) is 0.711. The molecule has 2 heterocycles. The van der Waals surface area contributed by atoms with Crippen molar-refractivity contribution >= 4 is 63.5 Å². The Morgan fingerprint density at radius 3 is 2.50 bits per heavy atom. The Bertz CT molecular complexity index is 848. The molecule has 0 saturated carbocycles. The summed E-state index contributed by atoms with van der Waals surface area (Å²) in [5, 5.41) is 16.5. The highest BCUT2D eigenvalue weighted by Crippen LogP contribution is 2.50. The molecule has 8 heteroatoms. The molecule has 0 bridgehead atoms. The van der Waals surface area contributed by atoms with Crippen molar-refractivity contribution in [3.63, 3.8) is 0 Å². The van der Waals surface area contributed by atoms with E-state index in [2.05, 4.69) is 5.10 Å². The first-order valence-corrected chi connectivity index (χ1v) is 8.98. The topological polar surface area (TPSA) is 52.9 Å². The van der Waals surface area contributed by atoms with Crippen LogP contribution in [-0.4, -0.2) is 16.8 Å². The van der Waals surface area contributed by atoms with Crippen LogP contribution in [0.15, 0.2) is 35.4 Å². The van der Waals surface area contributed by atoms with Gasteiger partial charge < -0.3 is 5.11 Å². The van der Waals surface area contributed by atoms with Gasteiger partial charge in [0.25, 0.3) is 0 Å². The number of anilines is 1. The average Bonchev–Trinajstić information content (AvgIpc) is 2.99. The summed E-state index contributed by atoms with van der Waals surface area (Å²) in [6.45, 7) is 3.70. The lowest BCUT2D eigenvalue weighted by Crippen LogP contribution is -2.35. The maximum absolute atomic E-state index is 11.7. The summed E-state index contributed by atoms with van der Waals surface area (Å²) in [4.78, 5) is 12.6. The van der Waals surface area contributed by atoms with Crippen LogP contribution in [0, 0.1) is 5.41 Å². The third-order valence-electron chi connectivity index (χ3n) is 3.97. The molecule has 4 nitrogen and oxygen atoms in total. The fourth-order valence-electron chi connectivity index (χ4n) is 2.86. The molecule has 1 atom stereocenters.